The number of nitrogens with zero attached hydrogens (tertiary/aromatic N) is 4. The van der Waals surface area contributed by atoms with Gasteiger partial charge in [-0.05, 0) is 61.8 Å². The molecule has 0 radical (unpaired) electrons. The maximum absolute atomic E-state index is 12.3. The Labute approximate surface area is 222 Å². The van der Waals surface area contributed by atoms with Crippen molar-refractivity contribution in [3.8, 4) is 11.5 Å². The summed E-state index contributed by atoms with van der Waals surface area (Å²) in [6.45, 7) is 4.08. The number of carbonyl (C=O) groups excluding carboxylic acids is 1. The molecular formula is C26H25ClN6O3S. The monoisotopic (exact) mass is 536 g/mol. The molecule has 0 spiro atoms. The fraction of sp³-hybridized carbons (Fsp3) is 0.231. The Bertz CT molecular complexity index is 1580. The molecule has 37 heavy (non-hydrogen) atoms. The van der Waals surface area contributed by atoms with E-state index >= 15 is 0 Å². The molecule has 0 aliphatic heterocycles. The summed E-state index contributed by atoms with van der Waals surface area (Å²) in [6, 6.07) is 13.2. The predicted octanol–water partition coefficient (Wildman–Crippen LogP) is 5.37. The van der Waals surface area contributed by atoms with Crippen molar-refractivity contribution >= 4 is 61.7 Å². The molecule has 0 unspecified atom stereocenters. The Morgan fingerprint density at radius 1 is 1.19 bits per heavy atom. The second-order valence-electron chi connectivity index (χ2n) is 9.13. The van der Waals surface area contributed by atoms with E-state index in [1.807, 2.05) is 41.1 Å². The molecular weight excluding hydrogens is 512 g/mol. The topological polar surface area (TPSA) is 114 Å². The lowest BCUT2D eigenvalue weighted by Gasteiger charge is -2.20. The van der Waals surface area contributed by atoms with E-state index in [1.165, 1.54) is 17.9 Å². The SMILES string of the molecule is CC(C)(CO)C(=O)NCCn1ccc2ncnc(Nc3ccc(Oc4cccc5sncc45)c(Cl)c3)c21. The van der Waals surface area contributed by atoms with E-state index in [2.05, 4.69) is 25.0 Å². The minimum absolute atomic E-state index is 0.204. The zero-order valence-electron chi connectivity index (χ0n) is 20.2. The third kappa shape index (κ3) is 5.22. The first kappa shape index (κ1) is 24.9. The molecule has 9 nitrogen and oxygen atoms in total. The number of carbonyl (C=O) groups is 1. The minimum Gasteiger partial charge on any atom is -0.455 e. The van der Waals surface area contributed by atoms with Crippen LogP contribution in [0.2, 0.25) is 5.02 Å². The first-order valence-corrected chi connectivity index (χ1v) is 12.8. The molecule has 3 N–H and O–H groups in total. The number of aliphatic hydroxyl groups excluding tert-OH is 1. The molecule has 2 aromatic carbocycles. The van der Waals surface area contributed by atoms with Gasteiger partial charge in [0.05, 0.1) is 38.8 Å². The lowest BCUT2D eigenvalue weighted by atomic mass is 9.94. The Morgan fingerprint density at radius 2 is 2.05 bits per heavy atom. The molecule has 0 saturated heterocycles. The van der Waals surface area contributed by atoms with E-state index < -0.39 is 5.41 Å². The van der Waals surface area contributed by atoms with Gasteiger partial charge in [-0.1, -0.05) is 17.7 Å². The molecule has 0 aliphatic carbocycles. The highest BCUT2D eigenvalue weighted by molar-refractivity contribution is 7.13. The molecule has 0 fully saturated rings. The summed E-state index contributed by atoms with van der Waals surface area (Å²) < 4.78 is 13.3. The second kappa shape index (κ2) is 10.3. The van der Waals surface area contributed by atoms with E-state index in [9.17, 15) is 9.90 Å². The number of ether oxygens (including phenoxy) is 1. The van der Waals surface area contributed by atoms with Gasteiger partial charge in [-0.2, -0.15) is 4.37 Å². The number of halogens is 1. The molecule has 0 bridgehead atoms. The number of anilines is 2. The van der Waals surface area contributed by atoms with Crippen molar-refractivity contribution in [2.75, 3.05) is 18.5 Å². The highest BCUT2D eigenvalue weighted by atomic mass is 35.5. The fourth-order valence-electron chi connectivity index (χ4n) is 3.78. The summed E-state index contributed by atoms with van der Waals surface area (Å²) in [7, 11) is 0. The minimum atomic E-state index is -0.836. The Balaban J connectivity index is 1.33. The van der Waals surface area contributed by atoms with Crippen LogP contribution in [0, 0.1) is 5.41 Å². The van der Waals surface area contributed by atoms with E-state index in [-0.39, 0.29) is 12.5 Å². The molecule has 1 amide bonds. The number of aliphatic hydroxyl groups is 1. The van der Waals surface area contributed by atoms with Crippen LogP contribution in [0.1, 0.15) is 13.8 Å². The normalized spacial score (nSPS) is 11.7. The second-order valence-corrected chi connectivity index (χ2v) is 10.4. The maximum Gasteiger partial charge on any atom is 0.228 e. The Kier molecular flexibility index (Phi) is 6.96. The van der Waals surface area contributed by atoms with Gasteiger partial charge in [0.2, 0.25) is 5.91 Å². The summed E-state index contributed by atoms with van der Waals surface area (Å²) in [5.41, 5.74) is 1.46. The third-order valence-corrected chi connectivity index (χ3v) is 7.03. The molecule has 0 atom stereocenters. The number of amides is 1. The number of hydrogen-bond acceptors (Lipinski definition) is 8. The first-order chi connectivity index (χ1) is 17.9. The molecule has 5 rings (SSSR count). The average molecular weight is 537 g/mol. The summed E-state index contributed by atoms with van der Waals surface area (Å²) in [5, 5.41) is 17.0. The van der Waals surface area contributed by atoms with Crippen molar-refractivity contribution < 1.29 is 14.6 Å². The molecule has 0 aliphatic rings. The molecule has 0 saturated carbocycles. The van der Waals surface area contributed by atoms with Crippen LogP contribution in [0.4, 0.5) is 11.5 Å². The van der Waals surface area contributed by atoms with Gasteiger partial charge in [0.1, 0.15) is 23.3 Å². The van der Waals surface area contributed by atoms with Gasteiger partial charge in [0, 0.05) is 25.0 Å². The zero-order valence-corrected chi connectivity index (χ0v) is 21.8. The van der Waals surface area contributed by atoms with E-state index in [0.717, 1.165) is 26.8 Å². The van der Waals surface area contributed by atoms with Crippen molar-refractivity contribution in [3.05, 3.63) is 66.2 Å². The molecule has 5 aromatic rings. The third-order valence-electron chi connectivity index (χ3n) is 5.97. The van der Waals surface area contributed by atoms with Gasteiger partial charge in [-0.3, -0.25) is 4.79 Å². The lowest BCUT2D eigenvalue weighted by molar-refractivity contribution is -0.131. The standard InChI is InChI=1S/C26H25ClN6O3S/c1-26(2,14-34)25(35)28-9-11-33-10-8-19-23(33)24(30-15-29-19)32-16-6-7-21(18(27)12-16)36-20-4-3-5-22-17(20)13-31-37-22/h3-8,10,12-13,15,34H,9,11,14H2,1-2H3,(H,28,35)(H,29,30,32). The summed E-state index contributed by atoms with van der Waals surface area (Å²) in [5.74, 6) is 1.63. The molecule has 3 heterocycles. The van der Waals surface area contributed by atoms with Crippen molar-refractivity contribution in [1.29, 1.82) is 0 Å². The smallest absolute Gasteiger partial charge is 0.228 e. The van der Waals surface area contributed by atoms with E-state index in [1.54, 1.807) is 32.2 Å². The van der Waals surface area contributed by atoms with Gasteiger partial charge in [0.25, 0.3) is 0 Å². The molecule has 11 heteroatoms. The fourth-order valence-corrected chi connectivity index (χ4v) is 4.67. The first-order valence-electron chi connectivity index (χ1n) is 11.6. The number of aromatic nitrogens is 4. The van der Waals surface area contributed by atoms with Crippen LogP contribution in [-0.4, -0.2) is 43.1 Å². The van der Waals surface area contributed by atoms with Gasteiger partial charge in [0.15, 0.2) is 5.82 Å². The highest BCUT2D eigenvalue weighted by Crippen LogP contribution is 2.36. The molecule has 190 valence electrons. The Morgan fingerprint density at radius 3 is 2.86 bits per heavy atom. The quantitative estimate of drug-likeness (QED) is 0.232. The van der Waals surface area contributed by atoms with Gasteiger partial charge in [-0.25, -0.2) is 9.97 Å². The van der Waals surface area contributed by atoms with Crippen LogP contribution in [0.5, 0.6) is 11.5 Å². The van der Waals surface area contributed by atoms with Crippen LogP contribution in [-0.2, 0) is 11.3 Å². The van der Waals surface area contributed by atoms with Crippen molar-refractivity contribution in [1.82, 2.24) is 24.2 Å². The summed E-state index contributed by atoms with van der Waals surface area (Å²) in [6.07, 6.45) is 5.18. The Hall–Kier alpha value is -3.73. The van der Waals surface area contributed by atoms with E-state index in [0.29, 0.717) is 35.4 Å². The summed E-state index contributed by atoms with van der Waals surface area (Å²) >= 11 is 7.99. The highest BCUT2D eigenvalue weighted by Gasteiger charge is 2.26. The lowest BCUT2D eigenvalue weighted by Crippen LogP contribution is -2.40. The van der Waals surface area contributed by atoms with Gasteiger partial charge in [-0.15, -0.1) is 0 Å². The van der Waals surface area contributed by atoms with Crippen molar-refractivity contribution in [3.63, 3.8) is 0 Å². The predicted molar refractivity (Wildman–Crippen MR) is 146 cm³/mol. The number of fused-ring (bicyclic) bond motifs is 2. The summed E-state index contributed by atoms with van der Waals surface area (Å²) in [4.78, 5) is 21.1. The number of nitrogens with one attached hydrogen (secondary N) is 2. The van der Waals surface area contributed by atoms with Crippen LogP contribution in [0.25, 0.3) is 21.1 Å². The van der Waals surface area contributed by atoms with Crippen molar-refractivity contribution in [2.45, 2.75) is 20.4 Å². The van der Waals surface area contributed by atoms with Crippen LogP contribution < -0.4 is 15.4 Å². The average Bonchev–Trinajstić information content (AvgIpc) is 3.54. The molecule has 3 aromatic heterocycles. The van der Waals surface area contributed by atoms with Gasteiger partial charge < -0.3 is 25.0 Å². The largest absolute Gasteiger partial charge is 0.455 e. The number of rotatable bonds is 9. The van der Waals surface area contributed by atoms with Crippen LogP contribution in [0.15, 0.2) is 61.2 Å². The van der Waals surface area contributed by atoms with Gasteiger partial charge >= 0.3 is 0 Å². The van der Waals surface area contributed by atoms with Crippen LogP contribution in [0.3, 0.4) is 0 Å². The zero-order chi connectivity index (χ0) is 26.0. The van der Waals surface area contributed by atoms with Crippen molar-refractivity contribution in [2.24, 2.45) is 5.41 Å². The number of hydrogen-bond donors (Lipinski definition) is 3. The maximum atomic E-state index is 12.3. The van der Waals surface area contributed by atoms with E-state index in [4.69, 9.17) is 16.3 Å². The number of benzene rings is 2. The van der Waals surface area contributed by atoms with Crippen LogP contribution >= 0.6 is 23.1 Å².